The number of nitrogens with two attached hydrogens (primary N) is 1. The highest BCUT2D eigenvalue weighted by Gasteiger charge is 1.99. The maximum Gasteiger partial charge on any atom is 0.319 e. The molecule has 1 rings (SSSR count). The first-order chi connectivity index (χ1) is 6.72. The van der Waals surface area contributed by atoms with Crippen molar-refractivity contribution in [3.05, 3.63) is 29.8 Å². The van der Waals surface area contributed by atoms with Gasteiger partial charge in [0.1, 0.15) is 0 Å². The van der Waals surface area contributed by atoms with Crippen molar-refractivity contribution in [1.29, 1.82) is 0 Å². The monoisotopic (exact) mass is 229 g/mol. The molecule has 0 aromatic heterocycles. The number of benzene rings is 1. The predicted octanol–water partition coefficient (Wildman–Crippen LogP) is 1.50. The molecule has 0 aliphatic rings. The molecule has 4 nitrogen and oxygen atoms in total. The van der Waals surface area contributed by atoms with Crippen LogP contribution in [-0.4, -0.2) is 19.1 Å². The van der Waals surface area contributed by atoms with Gasteiger partial charge in [0, 0.05) is 18.8 Å². The predicted molar refractivity (Wildman–Crippen MR) is 64.5 cm³/mol. The first-order valence-electron chi connectivity index (χ1n) is 4.54. The van der Waals surface area contributed by atoms with Crippen molar-refractivity contribution in [2.24, 2.45) is 5.73 Å². The molecule has 2 amide bonds. The van der Waals surface area contributed by atoms with Gasteiger partial charge in [-0.3, -0.25) is 0 Å². The molecule has 0 radical (unpaired) electrons. The lowest BCUT2D eigenvalue weighted by Gasteiger charge is -2.06. The van der Waals surface area contributed by atoms with Gasteiger partial charge >= 0.3 is 6.03 Å². The standard InChI is InChI=1S/C10H15N3O.ClH/c1-8-3-2-4-9(7-8)13-10(14)12-6-5-11;/h2-4,7H,5-6,11H2,1H3,(H2,12,13,14);1H. The Hall–Kier alpha value is -1.26. The fourth-order valence-electron chi connectivity index (χ4n) is 1.08. The van der Waals surface area contributed by atoms with Gasteiger partial charge in [0.05, 0.1) is 0 Å². The van der Waals surface area contributed by atoms with Crippen LogP contribution in [0.5, 0.6) is 0 Å². The molecular weight excluding hydrogens is 214 g/mol. The highest BCUT2D eigenvalue weighted by Crippen LogP contribution is 2.08. The molecule has 15 heavy (non-hydrogen) atoms. The van der Waals surface area contributed by atoms with E-state index >= 15 is 0 Å². The van der Waals surface area contributed by atoms with Crippen molar-refractivity contribution in [2.45, 2.75) is 6.92 Å². The Kier molecular flexibility index (Phi) is 6.49. The van der Waals surface area contributed by atoms with E-state index in [9.17, 15) is 4.79 Å². The first kappa shape index (κ1) is 13.7. The number of anilines is 1. The number of rotatable bonds is 3. The van der Waals surface area contributed by atoms with E-state index in [1.807, 2.05) is 31.2 Å². The van der Waals surface area contributed by atoms with Gasteiger partial charge < -0.3 is 16.4 Å². The van der Waals surface area contributed by atoms with Crippen LogP contribution in [0.1, 0.15) is 5.56 Å². The maximum absolute atomic E-state index is 11.2. The van der Waals surface area contributed by atoms with Crippen LogP contribution in [0, 0.1) is 6.92 Å². The lowest BCUT2D eigenvalue weighted by Crippen LogP contribution is -2.32. The molecule has 84 valence electrons. The number of hydrogen-bond donors (Lipinski definition) is 3. The van der Waals surface area contributed by atoms with Crippen LogP contribution >= 0.6 is 12.4 Å². The molecule has 0 spiro atoms. The minimum atomic E-state index is -0.221. The summed E-state index contributed by atoms with van der Waals surface area (Å²) in [5.74, 6) is 0. The van der Waals surface area contributed by atoms with E-state index in [1.54, 1.807) is 0 Å². The molecule has 4 N–H and O–H groups in total. The second kappa shape index (κ2) is 7.09. The molecule has 0 saturated heterocycles. The lowest BCUT2D eigenvalue weighted by atomic mass is 10.2. The number of amides is 2. The average Bonchev–Trinajstić information content (AvgIpc) is 2.15. The van der Waals surface area contributed by atoms with Crippen molar-refractivity contribution in [3.63, 3.8) is 0 Å². The molecule has 0 saturated carbocycles. The van der Waals surface area contributed by atoms with Crippen molar-refractivity contribution >= 4 is 24.1 Å². The van der Waals surface area contributed by atoms with Crippen LogP contribution in [0.4, 0.5) is 10.5 Å². The van der Waals surface area contributed by atoms with E-state index in [2.05, 4.69) is 10.6 Å². The van der Waals surface area contributed by atoms with Crippen LogP contribution in [0.15, 0.2) is 24.3 Å². The summed E-state index contributed by atoms with van der Waals surface area (Å²) >= 11 is 0. The highest BCUT2D eigenvalue weighted by molar-refractivity contribution is 5.89. The fourth-order valence-corrected chi connectivity index (χ4v) is 1.08. The maximum atomic E-state index is 11.2. The number of carbonyl (C=O) groups is 1. The molecular formula is C10H16ClN3O. The van der Waals surface area contributed by atoms with Gasteiger partial charge in [-0.25, -0.2) is 4.79 Å². The summed E-state index contributed by atoms with van der Waals surface area (Å²) in [6, 6.07) is 7.40. The van der Waals surface area contributed by atoms with Gasteiger partial charge in [-0.15, -0.1) is 12.4 Å². The Morgan fingerprint density at radius 2 is 2.20 bits per heavy atom. The summed E-state index contributed by atoms with van der Waals surface area (Å²) in [6.07, 6.45) is 0. The summed E-state index contributed by atoms with van der Waals surface area (Å²) in [5, 5.41) is 5.34. The number of nitrogens with one attached hydrogen (secondary N) is 2. The number of halogens is 1. The van der Waals surface area contributed by atoms with Gasteiger partial charge in [0.2, 0.25) is 0 Å². The normalized spacial score (nSPS) is 8.93. The van der Waals surface area contributed by atoms with Crippen LogP contribution in [0.25, 0.3) is 0 Å². The van der Waals surface area contributed by atoms with Gasteiger partial charge in [0.25, 0.3) is 0 Å². The zero-order valence-electron chi connectivity index (χ0n) is 8.62. The number of urea groups is 1. The van der Waals surface area contributed by atoms with E-state index in [-0.39, 0.29) is 18.4 Å². The second-order valence-electron chi connectivity index (χ2n) is 3.04. The third-order valence-electron chi connectivity index (χ3n) is 1.71. The van der Waals surface area contributed by atoms with Gasteiger partial charge in [-0.1, -0.05) is 12.1 Å². The third kappa shape index (κ3) is 5.24. The third-order valence-corrected chi connectivity index (χ3v) is 1.71. The SMILES string of the molecule is Cc1cccc(NC(=O)NCCN)c1.Cl. The summed E-state index contributed by atoms with van der Waals surface area (Å²) < 4.78 is 0. The number of hydrogen-bond acceptors (Lipinski definition) is 2. The zero-order valence-corrected chi connectivity index (χ0v) is 9.43. The summed E-state index contributed by atoms with van der Waals surface area (Å²) in [6.45, 7) is 2.90. The number of carbonyl (C=O) groups excluding carboxylic acids is 1. The molecule has 0 bridgehead atoms. The highest BCUT2D eigenvalue weighted by atomic mass is 35.5. The van der Waals surface area contributed by atoms with E-state index in [1.165, 1.54) is 0 Å². The Balaban J connectivity index is 0.00000196. The lowest BCUT2D eigenvalue weighted by molar-refractivity contribution is 0.252. The van der Waals surface area contributed by atoms with Crippen molar-refractivity contribution in [2.75, 3.05) is 18.4 Å². The Bertz CT molecular complexity index is 317. The largest absolute Gasteiger partial charge is 0.337 e. The molecule has 5 heteroatoms. The Labute approximate surface area is 95.6 Å². The van der Waals surface area contributed by atoms with E-state index in [0.717, 1.165) is 11.3 Å². The quantitative estimate of drug-likeness (QED) is 0.735. The zero-order chi connectivity index (χ0) is 10.4. The Morgan fingerprint density at radius 1 is 1.47 bits per heavy atom. The van der Waals surface area contributed by atoms with Crippen LogP contribution in [-0.2, 0) is 0 Å². The molecule has 1 aromatic rings. The van der Waals surface area contributed by atoms with Crippen molar-refractivity contribution in [3.8, 4) is 0 Å². The molecule has 0 unspecified atom stereocenters. The van der Waals surface area contributed by atoms with E-state index in [4.69, 9.17) is 5.73 Å². The van der Waals surface area contributed by atoms with E-state index < -0.39 is 0 Å². The van der Waals surface area contributed by atoms with Crippen molar-refractivity contribution < 1.29 is 4.79 Å². The average molecular weight is 230 g/mol. The smallest absolute Gasteiger partial charge is 0.319 e. The molecule has 0 atom stereocenters. The van der Waals surface area contributed by atoms with Crippen LogP contribution in [0.2, 0.25) is 0 Å². The molecule has 0 heterocycles. The van der Waals surface area contributed by atoms with Gasteiger partial charge in [-0.2, -0.15) is 0 Å². The molecule has 0 fully saturated rings. The minimum Gasteiger partial charge on any atom is -0.337 e. The summed E-state index contributed by atoms with van der Waals surface area (Å²) in [4.78, 5) is 11.2. The van der Waals surface area contributed by atoms with Crippen LogP contribution in [0.3, 0.4) is 0 Å². The number of aryl methyl sites for hydroxylation is 1. The Morgan fingerprint density at radius 3 is 2.80 bits per heavy atom. The van der Waals surface area contributed by atoms with Crippen LogP contribution < -0.4 is 16.4 Å². The van der Waals surface area contributed by atoms with Gasteiger partial charge in [0.15, 0.2) is 0 Å². The molecule has 1 aromatic carbocycles. The van der Waals surface area contributed by atoms with Gasteiger partial charge in [-0.05, 0) is 24.6 Å². The second-order valence-corrected chi connectivity index (χ2v) is 3.04. The van der Waals surface area contributed by atoms with Crippen molar-refractivity contribution in [1.82, 2.24) is 5.32 Å². The fraction of sp³-hybridized carbons (Fsp3) is 0.300. The molecule has 0 aliphatic carbocycles. The summed E-state index contributed by atoms with van der Waals surface area (Å²) in [5.41, 5.74) is 7.16. The first-order valence-corrected chi connectivity index (χ1v) is 4.54. The summed E-state index contributed by atoms with van der Waals surface area (Å²) in [7, 11) is 0. The molecule has 0 aliphatic heterocycles. The minimum absolute atomic E-state index is 0. The van der Waals surface area contributed by atoms with E-state index in [0.29, 0.717) is 13.1 Å². The topological polar surface area (TPSA) is 67.2 Å².